The Morgan fingerprint density at radius 2 is 2.00 bits per heavy atom. The van der Waals surface area contributed by atoms with Crippen molar-refractivity contribution >= 4 is 17.7 Å². The summed E-state index contributed by atoms with van der Waals surface area (Å²) >= 11 is 0. The molecule has 1 saturated heterocycles. The zero-order chi connectivity index (χ0) is 22.2. The fraction of sp³-hybridized carbons (Fsp3) is 0.346. The van der Waals surface area contributed by atoms with Gasteiger partial charge in [-0.25, -0.2) is 0 Å². The van der Waals surface area contributed by atoms with Gasteiger partial charge in [0.15, 0.2) is 11.5 Å². The molecule has 2 heterocycles. The lowest BCUT2D eigenvalue weighted by Crippen LogP contribution is -2.68. The number of hydrogen-bond acceptors (Lipinski definition) is 4. The van der Waals surface area contributed by atoms with Gasteiger partial charge >= 0.3 is 0 Å². The summed E-state index contributed by atoms with van der Waals surface area (Å²) < 4.78 is 11.2. The van der Waals surface area contributed by atoms with Gasteiger partial charge < -0.3 is 19.7 Å². The van der Waals surface area contributed by atoms with Gasteiger partial charge in [0.2, 0.25) is 5.91 Å². The highest BCUT2D eigenvalue weighted by Gasteiger charge is 2.57. The second-order valence-electron chi connectivity index (χ2n) is 8.71. The van der Waals surface area contributed by atoms with Crippen LogP contribution in [0.1, 0.15) is 37.0 Å². The quantitative estimate of drug-likeness (QED) is 0.697. The third-order valence-corrected chi connectivity index (χ3v) is 6.45. The lowest BCUT2D eigenvalue weighted by Gasteiger charge is -2.49. The maximum absolute atomic E-state index is 12.6. The van der Waals surface area contributed by atoms with Crippen LogP contribution in [0.2, 0.25) is 0 Å². The first-order valence-corrected chi connectivity index (χ1v) is 10.6. The van der Waals surface area contributed by atoms with Crippen molar-refractivity contribution in [3.63, 3.8) is 0 Å². The predicted octanol–water partition coefficient (Wildman–Crippen LogP) is 4.60. The molecule has 31 heavy (non-hydrogen) atoms. The van der Waals surface area contributed by atoms with Gasteiger partial charge in [0.1, 0.15) is 12.3 Å². The Balaban J connectivity index is 1.75. The van der Waals surface area contributed by atoms with Crippen molar-refractivity contribution in [2.24, 2.45) is 0 Å². The number of methoxy groups -OCH3 is 1. The molecular formula is C26H30N2O3. The molecule has 5 heteroatoms. The van der Waals surface area contributed by atoms with E-state index < -0.39 is 5.66 Å². The number of hydrogen-bond donors (Lipinski definition) is 1. The van der Waals surface area contributed by atoms with Crippen LogP contribution in [0.3, 0.4) is 0 Å². The number of aryl methyl sites for hydroxylation is 1. The first-order valence-electron chi connectivity index (χ1n) is 10.6. The van der Waals surface area contributed by atoms with Gasteiger partial charge in [0.25, 0.3) is 0 Å². The van der Waals surface area contributed by atoms with Crippen molar-refractivity contribution in [1.82, 2.24) is 5.32 Å². The molecule has 0 aromatic heterocycles. The van der Waals surface area contributed by atoms with Crippen LogP contribution in [0.5, 0.6) is 11.5 Å². The van der Waals surface area contributed by atoms with Crippen LogP contribution >= 0.6 is 0 Å². The van der Waals surface area contributed by atoms with Gasteiger partial charge in [0, 0.05) is 24.1 Å². The smallest absolute Gasteiger partial charge is 0.223 e. The molecule has 0 radical (unpaired) electrons. The minimum Gasteiger partial charge on any atom is -0.493 e. The topological polar surface area (TPSA) is 50.8 Å². The normalized spacial score (nSPS) is 21.4. The molecule has 2 aliphatic rings. The van der Waals surface area contributed by atoms with E-state index in [4.69, 9.17) is 9.47 Å². The van der Waals surface area contributed by atoms with E-state index >= 15 is 0 Å². The summed E-state index contributed by atoms with van der Waals surface area (Å²) in [6, 6.07) is 12.4. The van der Waals surface area contributed by atoms with Gasteiger partial charge in [-0.3, -0.25) is 4.79 Å². The largest absolute Gasteiger partial charge is 0.493 e. The lowest BCUT2D eigenvalue weighted by molar-refractivity contribution is -0.124. The summed E-state index contributed by atoms with van der Waals surface area (Å²) in [5.74, 6) is 1.41. The van der Waals surface area contributed by atoms with E-state index in [1.807, 2.05) is 18.2 Å². The molecule has 0 aliphatic carbocycles. The average Bonchev–Trinajstić information content (AvgIpc) is 2.94. The van der Waals surface area contributed by atoms with Crippen LogP contribution in [0.15, 0.2) is 55.1 Å². The molecule has 1 N–H and O–H groups in total. The molecule has 1 fully saturated rings. The standard InChI is InChI=1S/C26H30N2O3/c1-6-15-31-22-10-8-19(17-23(22)30-5)11-13-26-25(3,4)20-16-18(2)7-9-21(20)28(26)14-12-24(29)27-26/h6-11,13,16-17H,1,12,14-15H2,2-5H3,(H,27,29)/b13-11+/t26-/m1/s1. The van der Waals surface area contributed by atoms with Crippen LogP contribution in [-0.4, -0.2) is 31.8 Å². The monoisotopic (exact) mass is 418 g/mol. The number of anilines is 1. The summed E-state index contributed by atoms with van der Waals surface area (Å²) in [6.45, 7) is 11.3. The van der Waals surface area contributed by atoms with Gasteiger partial charge in [0.05, 0.1) is 7.11 Å². The zero-order valence-electron chi connectivity index (χ0n) is 18.7. The second kappa shape index (κ2) is 7.80. The minimum absolute atomic E-state index is 0.0734. The molecule has 1 amide bonds. The molecule has 2 aromatic carbocycles. The Kier molecular flexibility index (Phi) is 5.29. The number of carbonyl (C=O) groups excluding carboxylic acids is 1. The molecule has 0 bridgehead atoms. The molecular weight excluding hydrogens is 388 g/mol. The van der Waals surface area contributed by atoms with E-state index in [1.165, 1.54) is 16.8 Å². The Morgan fingerprint density at radius 1 is 1.19 bits per heavy atom. The number of amides is 1. The fourth-order valence-corrected chi connectivity index (χ4v) is 4.74. The zero-order valence-corrected chi connectivity index (χ0v) is 18.7. The number of nitrogens with zero attached hydrogens (tertiary/aromatic N) is 1. The number of fused-ring (bicyclic) bond motifs is 3. The Hall–Kier alpha value is -3.21. The van der Waals surface area contributed by atoms with Crippen LogP contribution in [0.25, 0.3) is 6.08 Å². The van der Waals surface area contributed by atoms with E-state index in [-0.39, 0.29) is 11.3 Å². The molecule has 0 spiro atoms. The van der Waals surface area contributed by atoms with Crippen molar-refractivity contribution in [3.8, 4) is 11.5 Å². The lowest BCUT2D eigenvalue weighted by atomic mass is 9.74. The maximum Gasteiger partial charge on any atom is 0.223 e. The van der Waals surface area contributed by atoms with Crippen molar-refractivity contribution in [2.45, 2.75) is 38.3 Å². The maximum atomic E-state index is 12.6. The highest BCUT2D eigenvalue weighted by molar-refractivity contribution is 5.84. The summed E-state index contributed by atoms with van der Waals surface area (Å²) in [4.78, 5) is 14.9. The van der Waals surface area contributed by atoms with Crippen LogP contribution < -0.4 is 19.7 Å². The van der Waals surface area contributed by atoms with E-state index in [0.29, 0.717) is 31.1 Å². The molecule has 4 rings (SSSR count). The van der Waals surface area contributed by atoms with Crippen LogP contribution in [-0.2, 0) is 10.2 Å². The van der Waals surface area contributed by atoms with E-state index in [1.54, 1.807) is 13.2 Å². The SMILES string of the molecule is C=CCOc1ccc(/C=C/[C@@]23NC(=O)CCN2c2ccc(C)cc2C3(C)C)cc1OC. The molecule has 0 unspecified atom stereocenters. The van der Waals surface area contributed by atoms with E-state index in [0.717, 1.165) is 5.56 Å². The Labute approximate surface area is 184 Å². The first-order chi connectivity index (χ1) is 14.8. The third kappa shape index (κ3) is 3.38. The van der Waals surface area contributed by atoms with Gasteiger partial charge in [-0.15, -0.1) is 0 Å². The summed E-state index contributed by atoms with van der Waals surface area (Å²) in [5.41, 5.74) is 3.69. The van der Waals surface area contributed by atoms with Crippen molar-refractivity contribution in [3.05, 3.63) is 71.8 Å². The number of rotatable bonds is 6. The van der Waals surface area contributed by atoms with Crippen LogP contribution in [0.4, 0.5) is 5.69 Å². The molecule has 5 nitrogen and oxygen atoms in total. The van der Waals surface area contributed by atoms with Gasteiger partial charge in [-0.05, 0) is 42.3 Å². The van der Waals surface area contributed by atoms with Crippen molar-refractivity contribution < 1.29 is 14.3 Å². The summed E-state index contributed by atoms with van der Waals surface area (Å²) in [7, 11) is 1.63. The Morgan fingerprint density at radius 3 is 2.74 bits per heavy atom. The third-order valence-electron chi connectivity index (χ3n) is 6.45. The summed E-state index contributed by atoms with van der Waals surface area (Å²) in [6.07, 6.45) is 6.37. The molecule has 1 atom stereocenters. The second-order valence-corrected chi connectivity index (χ2v) is 8.71. The number of nitrogens with one attached hydrogen (secondary N) is 1. The number of ether oxygens (including phenoxy) is 2. The fourth-order valence-electron chi connectivity index (χ4n) is 4.74. The molecule has 0 saturated carbocycles. The first kappa shape index (κ1) is 21.0. The van der Waals surface area contributed by atoms with Crippen molar-refractivity contribution in [1.29, 1.82) is 0 Å². The predicted molar refractivity (Wildman–Crippen MR) is 125 cm³/mol. The van der Waals surface area contributed by atoms with Gasteiger partial charge in [-0.1, -0.05) is 56.3 Å². The summed E-state index contributed by atoms with van der Waals surface area (Å²) in [5, 5.41) is 3.32. The van der Waals surface area contributed by atoms with E-state index in [2.05, 4.69) is 67.9 Å². The number of carbonyl (C=O) groups is 1. The molecule has 2 aromatic rings. The molecule has 162 valence electrons. The van der Waals surface area contributed by atoms with Crippen LogP contribution in [0, 0.1) is 6.92 Å². The van der Waals surface area contributed by atoms with Crippen molar-refractivity contribution in [2.75, 3.05) is 25.2 Å². The number of benzene rings is 2. The minimum atomic E-state index is -0.635. The highest BCUT2D eigenvalue weighted by atomic mass is 16.5. The highest BCUT2D eigenvalue weighted by Crippen LogP contribution is 2.52. The Bertz CT molecular complexity index is 1060. The van der Waals surface area contributed by atoms with Gasteiger partial charge in [-0.2, -0.15) is 0 Å². The van der Waals surface area contributed by atoms with E-state index in [9.17, 15) is 4.79 Å². The average molecular weight is 419 g/mol. The molecule has 2 aliphatic heterocycles.